The topological polar surface area (TPSA) is 15.3 Å². The molecule has 2 nitrogen and oxygen atoms in total. The number of nitrogens with zero attached hydrogens (tertiary/aromatic N) is 1. The molecule has 0 aromatic rings. The minimum absolute atomic E-state index is 0.629. The summed E-state index contributed by atoms with van der Waals surface area (Å²) in [6, 6.07) is 1.34. The van der Waals surface area contributed by atoms with Gasteiger partial charge < -0.3 is 10.2 Å². The van der Waals surface area contributed by atoms with Crippen molar-refractivity contribution in [1.29, 1.82) is 0 Å². The molecule has 0 aliphatic heterocycles. The van der Waals surface area contributed by atoms with E-state index in [2.05, 4.69) is 44.3 Å². The van der Waals surface area contributed by atoms with Gasteiger partial charge >= 0.3 is 0 Å². The highest BCUT2D eigenvalue weighted by atomic mass is 32.2. The maximum absolute atomic E-state index is 3.46. The van der Waals surface area contributed by atoms with Crippen molar-refractivity contribution in [2.75, 3.05) is 32.1 Å². The van der Waals surface area contributed by atoms with Gasteiger partial charge in [0, 0.05) is 17.8 Å². The predicted octanol–water partition coefficient (Wildman–Crippen LogP) is 2.84. The van der Waals surface area contributed by atoms with Crippen LogP contribution in [0.3, 0.4) is 0 Å². The number of hydrogen-bond donors (Lipinski definition) is 1. The molecule has 1 N–H and O–H groups in total. The van der Waals surface area contributed by atoms with Gasteiger partial charge in [0.05, 0.1) is 0 Å². The van der Waals surface area contributed by atoms with Crippen LogP contribution < -0.4 is 5.32 Å². The van der Waals surface area contributed by atoms with Crippen LogP contribution in [0.4, 0.5) is 0 Å². The lowest BCUT2D eigenvalue weighted by Crippen LogP contribution is -2.32. The van der Waals surface area contributed by atoms with E-state index in [1.807, 2.05) is 11.8 Å². The molecule has 0 saturated heterocycles. The minimum Gasteiger partial charge on any atom is -0.315 e. The summed E-state index contributed by atoms with van der Waals surface area (Å²) < 4.78 is 0. The summed E-state index contributed by atoms with van der Waals surface area (Å²) in [7, 11) is 2.24. The van der Waals surface area contributed by atoms with Crippen molar-refractivity contribution in [3.63, 3.8) is 0 Å². The average molecular weight is 246 g/mol. The molecule has 0 aliphatic carbocycles. The monoisotopic (exact) mass is 246 g/mol. The van der Waals surface area contributed by atoms with Crippen LogP contribution in [0.1, 0.15) is 40.0 Å². The number of nitrogens with one attached hydrogen (secondary N) is 1. The second kappa shape index (κ2) is 10.4. The van der Waals surface area contributed by atoms with Gasteiger partial charge in [-0.2, -0.15) is 11.8 Å². The molecule has 0 rings (SSSR count). The molecule has 1 unspecified atom stereocenters. The second-order valence-corrected chi connectivity index (χ2v) is 5.87. The van der Waals surface area contributed by atoms with E-state index >= 15 is 0 Å². The number of hydrogen-bond acceptors (Lipinski definition) is 3. The first-order valence-electron chi connectivity index (χ1n) is 6.50. The van der Waals surface area contributed by atoms with Crippen LogP contribution in [0.25, 0.3) is 0 Å². The summed E-state index contributed by atoms with van der Waals surface area (Å²) in [5.74, 6) is 1.24. The third kappa shape index (κ3) is 9.49. The summed E-state index contributed by atoms with van der Waals surface area (Å²) >= 11 is 1.94. The van der Waals surface area contributed by atoms with Crippen LogP contribution in [0.5, 0.6) is 0 Å². The van der Waals surface area contributed by atoms with Crippen LogP contribution in [-0.4, -0.2) is 49.1 Å². The Hall–Kier alpha value is 0.270. The van der Waals surface area contributed by atoms with E-state index in [4.69, 9.17) is 0 Å². The lowest BCUT2D eigenvalue weighted by molar-refractivity contribution is 0.271. The lowest BCUT2D eigenvalue weighted by atomic mass is 10.2. The zero-order valence-electron chi connectivity index (χ0n) is 11.8. The van der Waals surface area contributed by atoms with Gasteiger partial charge in [-0.25, -0.2) is 0 Å². The SMILES string of the molecule is CSCC(C)N(C)CCCCCNC(C)C. The Labute approximate surface area is 107 Å². The van der Waals surface area contributed by atoms with Crippen LogP contribution >= 0.6 is 11.8 Å². The summed E-state index contributed by atoms with van der Waals surface area (Å²) in [5, 5.41) is 3.46. The molecule has 0 aromatic heterocycles. The Kier molecular flexibility index (Phi) is 10.6. The number of rotatable bonds is 10. The van der Waals surface area contributed by atoms with E-state index in [-0.39, 0.29) is 0 Å². The van der Waals surface area contributed by atoms with Gasteiger partial charge in [0.1, 0.15) is 0 Å². The largest absolute Gasteiger partial charge is 0.315 e. The molecular weight excluding hydrogens is 216 g/mol. The van der Waals surface area contributed by atoms with E-state index < -0.39 is 0 Å². The zero-order valence-corrected chi connectivity index (χ0v) is 12.6. The first-order valence-corrected chi connectivity index (χ1v) is 7.89. The normalized spacial score (nSPS) is 13.7. The Morgan fingerprint density at radius 3 is 2.38 bits per heavy atom. The molecule has 0 spiro atoms. The summed E-state index contributed by atoms with van der Waals surface area (Å²) in [5.41, 5.74) is 0. The van der Waals surface area contributed by atoms with Crippen molar-refractivity contribution in [2.45, 2.75) is 52.1 Å². The highest BCUT2D eigenvalue weighted by molar-refractivity contribution is 7.98. The molecule has 0 bridgehead atoms. The summed E-state index contributed by atoms with van der Waals surface area (Å²) in [6.45, 7) is 9.14. The summed E-state index contributed by atoms with van der Waals surface area (Å²) in [6.07, 6.45) is 6.16. The van der Waals surface area contributed by atoms with Crippen molar-refractivity contribution < 1.29 is 0 Å². The zero-order chi connectivity index (χ0) is 12.4. The lowest BCUT2D eigenvalue weighted by Gasteiger charge is -2.23. The Morgan fingerprint density at radius 2 is 1.81 bits per heavy atom. The maximum Gasteiger partial charge on any atom is 0.0154 e. The standard InChI is InChI=1S/C13H30N2S/c1-12(2)14-9-7-6-8-10-15(4)13(3)11-16-5/h12-14H,6-11H2,1-5H3. The van der Waals surface area contributed by atoms with Gasteiger partial charge in [-0.05, 0) is 46.2 Å². The molecule has 3 heteroatoms. The van der Waals surface area contributed by atoms with Gasteiger partial charge in [0.25, 0.3) is 0 Å². The molecule has 0 aliphatic rings. The van der Waals surface area contributed by atoms with Crippen molar-refractivity contribution in [1.82, 2.24) is 10.2 Å². The summed E-state index contributed by atoms with van der Waals surface area (Å²) in [4.78, 5) is 2.48. The quantitative estimate of drug-likeness (QED) is 0.597. The van der Waals surface area contributed by atoms with Crippen LogP contribution in [0, 0.1) is 0 Å². The van der Waals surface area contributed by atoms with Crippen LogP contribution in [-0.2, 0) is 0 Å². The van der Waals surface area contributed by atoms with Crippen molar-refractivity contribution >= 4 is 11.8 Å². The Balaban J connectivity index is 3.30. The van der Waals surface area contributed by atoms with E-state index in [0.29, 0.717) is 12.1 Å². The van der Waals surface area contributed by atoms with Crippen LogP contribution in [0.15, 0.2) is 0 Å². The molecule has 98 valence electrons. The number of unbranched alkanes of at least 4 members (excludes halogenated alkanes) is 2. The fraction of sp³-hybridized carbons (Fsp3) is 1.00. The minimum atomic E-state index is 0.629. The van der Waals surface area contributed by atoms with Gasteiger partial charge in [0.15, 0.2) is 0 Å². The van der Waals surface area contributed by atoms with Crippen molar-refractivity contribution in [2.24, 2.45) is 0 Å². The van der Waals surface area contributed by atoms with Gasteiger partial charge in [-0.1, -0.05) is 20.3 Å². The fourth-order valence-corrected chi connectivity index (χ4v) is 2.38. The highest BCUT2D eigenvalue weighted by Crippen LogP contribution is 2.05. The van der Waals surface area contributed by atoms with Crippen molar-refractivity contribution in [3.05, 3.63) is 0 Å². The molecule has 16 heavy (non-hydrogen) atoms. The first-order chi connectivity index (χ1) is 7.57. The molecule has 1 atom stereocenters. The van der Waals surface area contributed by atoms with E-state index in [0.717, 1.165) is 0 Å². The Bertz CT molecular complexity index is 151. The average Bonchev–Trinajstić information content (AvgIpc) is 2.22. The molecular formula is C13H30N2S. The molecule has 0 heterocycles. The molecule has 0 fully saturated rings. The van der Waals surface area contributed by atoms with E-state index in [1.165, 1.54) is 38.1 Å². The Morgan fingerprint density at radius 1 is 1.12 bits per heavy atom. The van der Waals surface area contributed by atoms with Gasteiger partial charge in [0.2, 0.25) is 0 Å². The maximum atomic E-state index is 3.46. The van der Waals surface area contributed by atoms with E-state index in [9.17, 15) is 0 Å². The second-order valence-electron chi connectivity index (χ2n) is 4.95. The number of thioether (sulfide) groups is 1. The van der Waals surface area contributed by atoms with Gasteiger partial charge in [-0.3, -0.25) is 0 Å². The fourth-order valence-electron chi connectivity index (χ4n) is 1.64. The van der Waals surface area contributed by atoms with Gasteiger partial charge in [-0.15, -0.1) is 0 Å². The first kappa shape index (κ1) is 16.3. The molecule has 0 saturated carbocycles. The molecule has 0 aromatic carbocycles. The van der Waals surface area contributed by atoms with Crippen LogP contribution in [0.2, 0.25) is 0 Å². The van der Waals surface area contributed by atoms with E-state index in [1.54, 1.807) is 0 Å². The third-order valence-corrected chi connectivity index (χ3v) is 3.72. The third-order valence-electron chi connectivity index (χ3n) is 2.90. The van der Waals surface area contributed by atoms with Crippen molar-refractivity contribution in [3.8, 4) is 0 Å². The molecule has 0 radical (unpaired) electrons. The predicted molar refractivity (Wildman–Crippen MR) is 77.5 cm³/mol. The molecule has 0 amide bonds. The smallest absolute Gasteiger partial charge is 0.0154 e. The highest BCUT2D eigenvalue weighted by Gasteiger charge is 2.06.